The summed E-state index contributed by atoms with van der Waals surface area (Å²) < 4.78 is 0. The Kier molecular flexibility index (Phi) is 3.25. The summed E-state index contributed by atoms with van der Waals surface area (Å²) in [6, 6.07) is -0.564. The highest BCUT2D eigenvalue weighted by molar-refractivity contribution is 5.86. The Balaban J connectivity index is 1.76. The van der Waals surface area contributed by atoms with Crippen LogP contribution in [0.4, 0.5) is 0 Å². The molecular weight excluding hydrogens is 244 g/mol. The number of carboxylic acid groups (broad SMARTS) is 1. The van der Waals surface area contributed by atoms with Crippen molar-refractivity contribution in [2.45, 2.75) is 31.7 Å². The third kappa shape index (κ3) is 2.14. The minimum absolute atomic E-state index is 0.00526. The predicted molar refractivity (Wildman–Crippen MR) is 69.6 cm³/mol. The topological polar surface area (TPSA) is 60.9 Å². The third-order valence-electron chi connectivity index (χ3n) is 5.17. The number of rotatable bonds is 2. The van der Waals surface area contributed by atoms with Crippen LogP contribution in [0.5, 0.6) is 0 Å². The lowest BCUT2D eigenvalue weighted by atomic mass is 9.94. The molecule has 2 heterocycles. The summed E-state index contributed by atoms with van der Waals surface area (Å²) in [6.45, 7) is 2.38. The molecule has 5 heteroatoms. The number of hydrogen-bond acceptors (Lipinski definition) is 3. The Hall–Kier alpha value is -1.10. The minimum Gasteiger partial charge on any atom is -0.480 e. The Labute approximate surface area is 113 Å². The smallest absolute Gasteiger partial charge is 0.326 e. The first-order valence-corrected chi connectivity index (χ1v) is 7.29. The molecule has 4 unspecified atom stereocenters. The molecule has 106 valence electrons. The maximum Gasteiger partial charge on any atom is 0.326 e. The van der Waals surface area contributed by atoms with E-state index in [2.05, 4.69) is 4.90 Å². The van der Waals surface area contributed by atoms with Crippen LogP contribution >= 0.6 is 0 Å². The second kappa shape index (κ2) is 4.78. The van der Waals surface area contributed by atoms with E-state index in [1.165, 1.54) is 0 Å². The Bertz CT molecular complexity index is 398. The lowest BCUT2D eigenvalue weighted by Crippen LogP contribution is -2.46. The highest BCUT2D eigenvalue weighted by Crippen LogP contribution is 2.43. The van der Waals surface area contributed by atoms with Gasteiger partial charge < -0.3 is 14.9 Å². The van der Waals surface area contributed by atoms with E-state index in [9.17, 15) is 14.7 Å². The second-order valence-electron chi connectivity index (χ2n) is 6.38. The number of nitrogens with zero attached hydrogens (tertiary/aromatic N) is 2. The van der Waals surface area contributed by atoms with Crippen molar-refractivity contribution >= 4 is 11.9 Å². The van der Waals surface area contributed by atoms with E-state index < -0.39 is 12.0 Å². The first kappa shape index (κ1) is 12.9. The normalized spacial score (nSPS) is 38.7. The molecule has 5 nitrogen and oxygen atoms in total. The van der Waals surface area contributed by atoms with Crippen molar-refractivity contribution in [3.8, 4) is 0 Å². The lowest BCUT2D eigenvalue weighted by molar-refractivity contribution is -0.151. The van der Waals surface area contributed by atoms with Crippen molar-refractivity contribution in [2.24, 2.45) is 17.8 Å². The van der Waals surface area contributed by atoms with Gasteiger partial charge in [-0.15, -0.1) is 0 Å². The number of aliphatic carboxylic acids is 1. The number of carboxylic acids is 1. The SMILES string of the molecule is CN1CCC(C(=O)N2CC3CCCC3C2C(=O)O)C1. The Morgan fingerprint density at radius 2 is 1.95 bits per heavy atom. The van der Waals surface area contributed by atoms with Crippen LogP contribution in [0.3, 0.4) is 0 Å². The molecule has 3 fully saturated rings. The summed E-state index contributed by atoms with van der Waals surface area (Å²) in [4.78, 5) is 27.9. The van der Waals surface area contributed by atoms with Crippen LogP contribution in [-0.2, 0) is 9.59 Å². The molecular formula is C14H22N2O3. The zero-order chi connectivity index (χ0) is 13.6. The van der Waals surface area contributed by atoms with Crippen LogP contribution in [0.15, 0.2) is 0 Å². The molecule has 0 spiro atoms. The van der Waals surface area contributed by atoms with E-state index in [0.29, 0.717) is 12.5 Å². The van der Waals surface area contributed by atoms with Gasteiger partial charge in [0, 0.05) is 13.1 Å². The molecule has 1 amide bonds. The number of hydrogen-bond donors (Lipinski definition) is 1. The average Bonchev–Trinajstić information content (AvgIpc) is 3.00. The van der Waals surface area contributed by atoms with Gasteiger partial charge in [0.2, 0.25) is 5.91 Å². The number of carbonyl (C=O) groups is 2. The molecule has 0 aromatic rings. The maximum atomic E-state index is 12.6. The molecule has 19 heavy (non-hydrogen) atoms. The highest BCUT2D eigenvalue weighted by Gasteiger charge is 2.50. The van der Waals surface area contributed by atoms with Crippen LogP contribution < -0.4 is 0 Å². The van der Waals surface area contributed by atoms with Crippen LogP contribution in [-0.4, -0.2) is 59.5 Å². The number of amides is 1. The molecule has 1 N–H and O–H groups in total. The lowest BCUT2D eigenvalue weighted by Gasteiger charge is -2.27. The van der Waals surface area contributed by atoms with Crippen LogP contribution in [0.1, 0.15) is 25.7 Å². The van der Waals surface area contributed by atoms with Gasteiger partial charge in [-0.2, -0.15) is 0 Å². The van der Waals surface area contributed by atoms with Crippen molar-refractivity contribution < 1.29 is 14.7 Å². The van der Waals surface area contributed by atoms with Crippen molar-refractivity contribution in [3.05, 3.63) is 0 Å². The predicted octanol–water partition coefficient (Wildman–Crippen LogP) is 0.650. The number of fused-ring (bicyclic) bond motifs is 1. The summed E-state index contributed by atoms with van der Waals surface area (Å²) >= 11 is 0. The van der Waals surface area contributed by atoms with Crippen molar-refractivity contribution in [1.29, 1.82) is 0 Å². The monoisotopic (exact) mass is 266 g/mol. The zero-order valence-corrected chi connectivity index (χ0v) is 11.4. The average molecular weight is 266 g/mol. The van der Waals surface area contributed by atoms with E-state index in [4.69, 9.17) is 0 Å². The summed E-state index contributed by atoms with van der Waals surface area (Å²) in [5.41, 5.74) is 0. The quantitative estimate of drug-likeness (QED) is 0.797. The van der Waals surface area contributed by atoms with Crippen molar-refractivity contribution in [3.63, 3.8) is 0 Å². The number of likely N-dealkylation sites (tertiary alicyclic amines) is 2. The van der Waals surface area contributed by atoms with Crippen LogP contribution in [0, 0.1) is 17.8 Å². The molecule has 0 aromatic heterocycles. The van der Waals surface area contributed by atoms with E-state index in [1.54, 1.807) is 4.90 Å². The first-order chi connectivity index (χ1) is 9.08. The molecule has 4 atom stereocenters. The fraction of sp³-hybridized carbons (Fsp3) is 0.857. The molecule has 2 aliphatic heterocycles. The van der Waals surface area contributed by atoms with E-state index in [-0.39, 0.29) is 17.7 Å². The van der Waals surface area contributed by atoms with Gasteiger partial charge in [0.25, 0.3) is 0 Å². The van der Waals surface area contributed by atoms with Gasteiger partial charge in [0.15, 0.2) is 0 Å². The van der Waals surface area contributed by atoms with Gasteiger partial charge in [0.05, 0.1) is 5.92 Å². The second-order valence-corrected chi connectivity index (χ2v) is 6.38. The standard InChI is InChI=1S/C14H22N2O3/c1-15-6-5-10(7-15)13(17)16-8-9-3-2-4-11(9)12(16)14(18)19/h9-12H,2-8H2,1H3,(H,18,19). The molecule has 0 radical (unpaired) electrons. The van der Waals surface area contributed by atoms with Gasteiger partial charge in [0.1, 0.15) is 6.04 Å². The molecule has 2 saturated heterocycles. The first-order valence-electron chi connectivity index (χ1n) is 7.29. The fourth-order valence-corrected chi connectivity index (χ4v) is 4.22. The summed E-state index contributed by atoms with van der Waals surface area (Å²) in [6.07, 6.45) is 4.04. The van der Waals surface area contributed by atoms with Crippen molar-refractivity contribution in [2.75, 3.05) is 26.7 Å². The maximum absolute atomic E-state index is 12.6. The molecule has 3 aliphatic rings. The molecule has 0 aromatic carbocycles. The van der Waals surface area contributed by atoms with Gasteiger partial charge in [-0.05, 0) is 44.7 Å². The third-order valence-corrected chi connectivity index (χ3v) is 5.17. The number of carbonyl (C=O) groups excluding carboxylic acids is 1. The zero-order valence-electron chi connectivity index (χ0n) is 11.4. The van der Waals surface area contributed by atoms with E-state index >= 15 is 0 Å². The van der Waals surface area contributed by atoms with Gasteiger partial charge >= 0.3 is 5.97 Å². The van der Waals surface area contributed by atoms with E-state index in [0.717, 1.165) is 38.8 Å². The van der Waals surface area contributed by atoms with E-state index in [1.807, 2.05) is 7.05 Å². The Morgan fingerprint density at radius 1 is 1.16 bits per heavy atom. The minimum atomic E-state index is -0.811. The van der Waals surface area contributed by atoms with Crippen molar-refractivity contribution in [1.82, 2.24) is 9.80 Å². The van der Waals surface area contributed by atoms with Gasteiger partial charge in [-0.1, -0.05) is 6.42 Å². The van der Waals surface area contributed by atoms with Gasteiger partial charge in [-0.25, -0.2) is 4.79 Å². The molecule has 3 rings (SSSR count). The highest BCUT2D eigenvalue weighted by atomic mass is 16.4. The van der Waals surface area contributed by atoms with Crippen LogP contribution in [0.2, 0.25) is 0 Å². The fourth-order valence-electron chi connectivity index (χ4n) is 4.22. The molecule has 1 saturated carbocycles. The summed E-state index contributed by atoms with van der Waals surface area (Å²) in [5, 5.41) is 9.47. The summed E-state index contributed by atoms with van der Waals surface area (Å²) in [5.74, 6) is -0.115. The van der Waals surface area contributed by atoms with Crippen LogP contribution in [0.25, 0.3) is 0 Å². The van der Waals surface area contributed by atoms with Gasteiger partial charge in [-0.3, -0.25) is 4.79 Å². The largest absolute Gasteiger partial charge is 0.480 e. The summed E-state index contributed by atoms with van der Waals surface area (Å²) in [7, 11) is 2.01. The molecule has 1 aliphatic carbocycles. The molecule has 0 bridgehead atoms. The Morgan fingerprint density at radius 3 is 2.58 bits per heavy atom.